The number of rotatable bonds is 3. The molecule has 1 aliphatic heterocycles. The Balaban J connectivity index is 1.77. The van der Waals surface area contributed by atoms with Gasteiger partial charge in [-0.05, 0) is 17.7 Å². The molecule has 18 heavy (non-hydrogen) atoms. The standard InChI is InChI=1S/C15H11ClO2/c16-12-8-4-7-11(9-12)13(17)15-14(18-15)10-5-2-1-3-6-10/h1-9,14-15H. The highest BCUT2D eigenvalue weighted by Gasteiger charge is 2.46. The Hall–Kier alpha value is -1.64. The second-order valence-corrected chi connectivity index (χ2v) is 4.70. The summed E-state index contributed by atoms with van der Waals surface area (Å²) in [4.78, 5) is 12.2. The van der Waals surface area contributed by atoms with Crippen LogP contribution in [0.3, 0.4) is 0 Å². The van der Waals surface area contributed by atoms with Crippen molar-refractivity contribution in [1.82, 2.24) is 0 Å². The van der Waals surface area contributed by atoms with E-state index in [0.717, 1.165) is 5.56 Å². The van der Waals surface area contributed by atoms with Crippen molar-refractivity contribution in [2.45, 2.75) is 12.2 Å². The minimum atomic E-state index is -0.370. The van der Waals surface area contributed by atoms with Crippen LogP contribution in [0.2, 0.25) is 5.02 Å². The van der Waals surface area contributed by atoms with Crippen LogP contribution in [0.15, 0.2) is 54.6 Å². The van der Waals surface area contributed by atoms with Crippen LogP contribution >= 0.6 is 11.6 Å². The van der Waals surface area contributed by atoms with Crippen LogP contribution in [0, 0.1) is 0 Å². The van der Waals surface area contributed by atoms with Gasteiger partial charge in [-0.15, -0.1) is 0 Å². The molecule has 0 spiro atoms. The first kappa shape index (κ1) is 11.5. The smallest absolute Gasteiger partial charge is 0.194 e. The highest BCUT2D eigenvalue weighted by Crippen LogP contribution is 2.40. The molecule has 1 saturated heterocycles. The third kappa shape index (κ3) is 2.17. The topological polar surface area (TPSA) is 29.6 Å². The zero-order chi connectivity index (χ0) is 12.5. The molecule has 2 aromatic rings. The number of carbonyl (C=O) groups is 1. The zero-order valence-electron chi connectivity index (χ0n) is 9.55. The third-order valence-corrected chi connectivity index (χ3v) is 3.22. The maximum Gasteiger partial charge on any atom is 0.194 e. The maximum absolute atomic E-state index is 12.2. The molecule has 2 aromatic carbocycles. The van der Waals surface area contributed by atoms with E-state index in [1.165, 1.54) is 0 Å². The SMILES string of the molecule is O=C(c1cccc(Cl)c1)C1OC1c1ccccc1. The maximum atomic E-state index is 12.2. The van der Waals surface area contributed by atoms with Gasteiger partial charge in [-0.25, -0.2) is 0 Å². The summed E-state index contributed by atoms with van der Waals surface area (Å²) in [6, 6.07) is 16.7. The van der Waals surface area contributed by atoms with Gasteiger partial charge >= 0.3 is 0 Å². The predicted octanol–water partition coefficient (Wildman–Crippen LogP) is 3.66. The highest BCUT2D eigenvalue weighted by molar-refractivity contribution is 6.31. The Bertz CT molecular complexity index is 580. The highest BCUT2D eigenvalue weighted by atomic mass is 35.5. The largest absolute Gasteiger partial charge is 0.356 e. The number of hydrogen-bond donors (Lipinski definition) is 0. The summed E-state index contributed by atoms with van der Waals surface area (Å²) in [5, 5.41) is 0.567. The predicted molar refractivity (Wildman–Crippen MR) is 69.8 cm³/mol. The molecule has 0 aliphatic carbocycles. The first-order valence-corrected chi connectivity index (χ1v) is 6.14. The number of hydrogen-bond acceptors (Lipinski definition) is 2. The molecule has 0 saturated carbocycles. The number of ketones is 1. The van der Waals surface area contributed by atoms with Crippen LogP contribution in [0.5, 0.6) is 0 Å². The molecule has 0 bridgehead atoms. The Morgan fingerprint density at radius 3 is 2.56 bits per heavy atom. The lowest BCUT2D eigenvalue weighted by molar-refractivity contribution is 0.0953. The van der Waals surface area contributed by atoms with Crippen molar-refractivity contribution in [2.75, 3.05) is 0 Å². The summed E-state index contributed by atoms with van der Waals surface area (Å²) < 4.78 is 5.47. The molecule has 0 amide bonds. The summed E-state index contributed by atoms with van der Waals surface area (Å²) in [6.07, 6.45) is -0.483. The van der Waals surface area contributed by atoms with Gasteiger partial charge in [-0.3, -0.25) is 4.79 Å². The van der Waals surface area contributed by atoms with Crippen molar-refractivity contribution in [3.05, 3.63) is 70.7 Å². The molecule has 1 fully saturated rings. The van der Waals surface area contributed by atoms with E-state index >= 15 is 0 Å². The third-order valence-electron chi connectivity index (χ3n) is 2.99. The van der Waals surface area contributed by atoms with Gasteiger partial charge in [0.1, 0.15) is 6.10 Å². The molecule has 0 radical (unpaired) electrons. The minimum Gasteiger partial charge on any atom is -0.356 e. The number of Topliss-reactive ketones (excluding diaryl/α,β-unsaturated/α-hetero) is 1. The first-order valence-electron chi connectivity index (χ1n) is 5.76. The molecule has 3 rings (SSSR count). The molecule has 1 heterocycles. The van der Waals surface area contributed by atoms with E-state index in [1.807, 2.05) is 30.3 Å². The average Bonchev–Trinajstić information content (AvgIpc) is 3.19. The van der Waals surface area contributed by atoms with Gasteiger partial charge in [0, 0.05) is 10.6 Å². The lowest BCUT2D eigenvalue weighted by atomic mass is 10.0. The fourth-order valence-corrected chi connectivity index (χ4v) is 2.20. The van der Waals surface area contributed by atoms with Gasteiger partial charge in [0.25, 0.3) is 0 Å². The molecular weight excluding hydrogens is 248 g/mol. The summed E-state index contributed by atoms with van der Waals surface area (Å²) in [5.41, 5.74) is 1.64. The quantitative estimate of drug-likeness (QED) is 0.621. The van der Waals surface area contributed by atoms with E-state index in [-0.39, 0.29) is 18.0 Å². The van der Waals surface area contributed by atoms with Crippen LogP contribution in [0.4, 0.5) is 0 Å². The minimum absolute atomic E-state index is 0.00801. The van der Waals surface area contributed by atoms with Crippen LogP contribution in [0.1, 0.15) is 22.0 Å². The Labute approximate surface area is 110 Å². The van der Waals surface area contributed by atoms with E-state index in [4.69, 9.17) is 16.3 Å². The second kappa shape index (κ2) is 4.56. The van der Waals surface area contributed by atoms with E-state index < -0.39 is 0 Å². The van der Waals surface area contributed by atoms with Crippen molar-refractivity contribution >= 4 is 17.4 Å². The summed E-state index contributed by atoms with van der Waals surface area (Å²) in [7, 11) is 0. The summed E-state index contributed by atoms with van der Waals surface area (Å²) >= 11 is 5.87. The zero-order valence-corrected chi connectivity index (χ0v) is 10.3. The molecule has 2 atom stereocenters. The van der Waals surface area contributed by atoms with Crippen molar-refractivity contribution < 1.29 is 9.53 Å². The molecule has 3 heteroatoms. The van der Waals surface area contributed by atoms with Gasteiger partial charge in [-0.2, -0.15) is 0 Å². The van der Waals surface area contributed by atoms with Gasteiger partial charge in [0.2, 0.25) is 0 Å². The van der Waals surface area contributed by atoms with Crippen LogP contribution in [0.25, 0.3) is 0 Å². The van der Waals surface area contributed by atoms with Crippen molar-refractivity contribution in [1.29, 1.82) is 0 Å². The monoisotopic (exact) mass is 258 g/mol. The number of benzene rings is 2. The first-order chi connectivity index (χ1) is 8.75. The molecule has 0 aromatic heterocycles. The van der Waals surface area contributed by atoms with E-state index in [9.17, 15) is 4.79 Å². The number of epoxide rings is 1. The van der Waals surface area contributed by atoms with Crippen molar-refractivity contribution in [3.8, 4) is 0 Å². The van der Waals surface area contributed by atoms with E-state index in [1.54, 1.807) is 24.3 Å². The van der Waals surface area contributed by atoms with E-state index in [2.05, 4.69) is 0 Å². The fraction of sp³-hybridized carbons (Fsp3) is 0.133. The van der Waals surface area contributed by atoms with Crippen LogP contribution < -0.4 is 0 Å². The lowest BCUT2D eigenvalue weighted by Crippen LogP contribution is -2.08. The number of halogens is 1. The molecular formula is C15H11ClO2. The van der Waals surface area contributed by atoms with Crippen molar-refractivity contribution in [2.24, 2.45) is 0 Å². The summed E-state index contributed by atoms with van der Waals surface area (Å²) in [5.74, 6) is -0.00801. The molecule has 0 N–H and O–H groups in total. The summed E-state index contributed by atoms with van der Waals surface area (Å²) in [6.45, 7) is 0. The van der Waals surface area contributed by atoms with Gasteiger partial charge in [-0.1, -0.05) is 54.1 Å². The Kier molecular flexibility index (Phi) is 2.90. The fourth-order valence-electron chi connectivity index (χ4n) is 2.01. The van der Waals surface area contributed by atoms with Crippen LogP contribution in [-0.4, -0.2) is 11.9 Å². The number of ether oxygens (including phenoxy) is 1. The van der Waals surface area contributed by atoms with Crippen LogP contribution in [-0.2, 0) is 4.74 Å². The normalized spacial score (nSPS) is 21.6. The van der Waals surface area contributed by atoms with Gasteiger partial charge in [0.15, 0.2) is 11.9 Å². The molecule has 2 nitrogen and oxygen atoms in total. The number of carbonyl (C=O) groups excluding carboxylic acids is 1. The Morgan fingerprint density at radius 1 is 1.06 bits per heavy atom. The molecule has 90 valence electrons. The second-order valence-electron chi connectivity index (χ2n) is 4.26. The molecule has 1 aliphatic rings. The molecule has 2 unspecified atom stereocenters. The average molecular weight is 259 g/mol. The lowest BCUT2D eigenvalue weighted by Gasteiger charge is -1.98. The Morgan fingerprint density at radius 2 is 1.83 bits per heavy atom. The van der Waals surface area contributed by atoms with Crippen molar-refractivity contribution in [3.63, 3.8) is 0 Å². The van der Waals surface area contributed by atoms with E-state index in [0.29, 0.717) is 10.6 Å². The van der Waals surface area contributed by atoms with Gasteiger partial charge in [0.05, 0.1) is 0 Å². The van der Waals surface area contributed by atoms with Gasteiger partial charge < -0.3 is 4.74 Å².